The van der Waals surface area contributed by atoms with Crippen LogP contribution in [0.25, 0.3) is 5.57 Å². The van der Waals surface area contributed by atoms with Gasteiger partial charge in [-0.3, -0.25) is 4.90 Å². The maximum absolute atomic E-state index is 6.38. The molecule has 2 aromatic rings. The van der Waals surface area contributed by atoms with Gasteiger partial charge in [-0.15, -0.1) is 0 Å². The van der Waals surface area contributed by atoms with Crippen molar-refractivity contribution >= 4 is 34.5 Å². The van der Waals surface area contributed by atoms with Crippen LogP contribution in [0.15, 0.2) is 48.5 Å². The predicted molar refractivity (Wildman–Crippen MR) is 125 cm³/mol. The Bertz CT molecular complexity index is 874. The van der Waals surface area contributed by atoms with Crippen LogP contribution in [0.3, 0.4) is 0 Å². The SMILES string of the molecule is C[C@@H](Nc1cccc(C2=CCN([C@H]3CCCNC3)CC2)c1)c1ccc(Cl)cc1Cl. The van der Waals surface area contributed by atoms with Gasteiger partial charge in [-0.05, 0) is 73.7 Å². The van der Waals surface area contributed by atoms with Crippen molar-refractivity contribution < 1.29 is 0 Å². The molecule has 0 spiro atoms. The van der Waals surface area contributed by atoms with Crippen LogP contribution in [0, 0.1) is 0 Å². The van der Waals surface area contributed by atoms with Crippen molar-refractivity contribution in [3.05, 3.63) is 69.7 Å². The van der Waals surface area contributed by atoms with Gasteiger partial charge in [0.25, 0.3) is 0 Å². The molecular formula is C24H29Cl2N3. The molecule has 2 heterocycles. The maximum atomic E-state index is 6.38. The van der Waals surface area contributed by atoms with Crippen LogP contribution in [-0.2, 0) is 0 Å². The Morgan fingerprint density at radius 3 is 2.79 bits per heavy atom. The second kappa shape index (κ2) is 9.53. The molecule has 1 saturated heterocycles. The average molecular weight is 430 g/mol. The lowest BCUT2D eigenvalue weighted by Gasteiger charge is -2.36. The van der Waals surface area contributed by atoms with Gasteiger partial charge >= 0.3 is 0 Å². The fourth-order valence-electron chi connectivity index (χ4n) is 4.41. The normalized spacial score (nSPS) is 21.5. The average Bonchev–Trinajstić information content (AvgIpc) is 2.74. The number of halogens is 2. The van der Waals surface area contributed by atoms with Gasteiger partial charge in [0, 0.05) is 47.5 Å². The lowest BCUT2D eigenvalue weighted by Crippen LogP contribution is -2.47. The number of nitrogens with one attached hydrogen (secondary N) is 2. The minimum atomic E-state index is 0.102. The molecule has 0 saturated carbocycles. The molecule has 4 rings (SSSR count). The topological polar surface area (TPSA) is 27.3 Å². The van der Waals surface area contributed by atoms with Gasteiger partial charge in [0.1, 0.15) is 0 Å². The molecule has 0 unspecified atom stereocenters. The first kappa shape index (κ1) is 20.7. The van der Waals surface area contributed by atoms with Gasteiger partial charge in [0.05, 0.1) is 0 Å². The van der Waals surface area contributed by atoms with E-state index in [2.05, 4.69) is 52.8 Å². The van der Waals surface area contributed by atoms with Crippen LogP contribution < -0.4 is 10.6 Å². The number of hydrogen-bond acceptors (Lipinski definition) is 3. The van der Waals surface area contributed by atoms with E-state index in [0.29, 0.717) is 16.1 Å². The molecule has 154 valence electrons. The van der Waals surface area contributed by atoms with E-state index in [1.54, 1.807) is 6.07 Å². The molecule has 3 nitrogen and oxygen atoms in total. The van der Waals surface area contributed by atoms with Crippen LogP contribution in [0.1, 0.15) is 43.4 Å². The number of rotatable bonds is 5. The van der Waals surface area contributed by atoms with E-state index in [-0.39, 0.29) is 6.04 Å². The zero-order valence-electron chi connectivity index (χ0n) is 16.9. The molecule has 2 atom stereocenters. The summed E-state index contributed by atoms with van der Waals surface area (Å²) in [5.41, 5.74) is 4.92. The van der Waals surface area contributed by atoms with Crippen molar-refractivity contribution in [2.75, 3.05) is 31.5 Å². The molecule has 0 radical (unpaired) electrons. The number of benzene rings is 2. The molecule has 1 fully saturated rings. The maximum Gasteiger partial charge on any atom is 0.0500 e. The van der Waals surface area contributed by atoms with Gasteiger partial charge < -0.3 is 10.6 Å². The van der Waals surface area contributed by atoms with Gasteiger partial charge in [-0.25, -0.2) is 0 Å². The molecule has 2 N–H and O–H groups in total. The largest absolute Gasteiger partial charge is 0.378 e. The summed E-state index contributed by atoms with van der Waals surface area (Å²) in [4.78, 5) is 2.63. The molecule has 0 aromatic heterocycles. The van der Waals surface area contributed by atoms with E-state index in [9.17, 15) is 0 Å². The Morgan fingerprint density at radius 2 is 2.07 bits per heavy atom. The summed E-state index contributed by atoms with van der Waals surface area (Å²) in [6.45, 7) is 6.62. The highest BCUT2D eigenvalue weighted by molar-refractivity contribution is 6.35. The highest BCUT2D eigenvalue weighted by Crippen LogP contribution is 2.30. The zero-order valence-corrected chi connectivity index (χ0v) is 18.4. The minimum absolute atomic E-state index is 0.102. The van der Waals surface area contributed by atoms with Crippen LogP contribution in [0.2, 0.25) is 10.0 Å². The molecule has 2 aliphatic rings. The third-order valence-corrected chi connectivity index (χ3v) is 6.64. The van der Waals surface area contributed by atoms with E-state index in [1.165, 1.54) is 30.5 Å². The van der Waals surface area contributed by atoms with Gasteiger partial charge in [-0.2, -0.15) is 0 Å². The molecular weight excluding hydrogens is 401 g/mol. The lowest BCUT2D eigenvalue weighted by atomic mass is 9.96. The molecule has 0 aliphatic carbocycles. The van der Waals surface area contributed by atoms with Crippen molar-refractivity contribution in [2.45, 2.75) is 38.3 Å². The fourth-order valence-corrected chi connectivity index (χ4v) is 4.99. The van der Waals surface area contributed by atoms with E-state index >= 15 is 0 Å². The molecule has 29 heavy (non-hydrogen) atoms. The monoisotopic (exact) mass is 429 g/mol. The molecule has 0 amide bonds. The summed E-state index contributed by atoms with van der Waals surface area (Å²) in [5, 5.41) is 8.48. The second-order valence-electron chi connectivity index (χ2n) is 8.09. The van der Waals surface area contributed by atoms with Crippen LogP contribution >= 0.6 is 23.2 Å². The lowest BCUT2D eigenvalue weighted by molar-refractivity contribution is 0.182. The second-order valence-corrected chi connectivity index (χ2v) is 8.93. The first-order chi connectivity index (χ1) is 14.1. The smallest absolute Gasteiger partial charge is 0.0500 e. The third kappa shape index (κ3) is 5.16. The summed E-state index contributed by atoms with van der Waals surface area (Å²) < 4.78 is 0. The summed E-state index contributed by atoms with van der Waals surface area (Å²) in [6, 6.07) is 15.2. The standard InChI is InChI=1S/C24H29Cl2N3/c1-17(23-8-7-20(25)15-24(23)26)28-21-5-2-4-19(14-21)18-9-12-29(13-10-18)22-6-3-11-27-16-22/h2,4-5,7-9,14-15,17,22,27-28H,3,6,10-13,16H2,1H3/t17-,22+/m1/s1. The van der Waals surface area contributed by atoms with Crippen LogP contribution in [0.4, 0.5) is 5.69 Å². The van der Waals surface area contributed by atoms with Crippen molar-refractivity contribution in [2.24, 2.45) is 0 Å². The first-order valence-corrected chi connectivity index (χ1v) is 11.3. The van der Waals surface area contributed by atoms with Crippen molar-refractivity contribution in [1.29, 1.82) is 0 Å². The Balaban J connectivity index is 1.43. The van der Waals surface area contributed by atoms with E-state index < -0.39 is 0 Å². The third-order valence-electron chi connectivity index (χ3n) is 6.07. The number of nitrogens with zero attached hydrogens (tertiary/aromatic N) is 1. The Morgan fingerprint density at radius 1 is 1.17 bits per heavy atom. The van der Waals surface area contributed by atoms with E-state index in [1.807, 2.05) is 12.1 Å². The van der Waals surface area contributed by atoms with Gasteiger partial charge in [-0.1, -0.05) is 47.5 Å². The van der Waals surface area contributed by atoms with Crippen molar-refractivity contribution in [1.82, 2.24) is 10.2 Å². The van der Waals surface area contributed by atoms with E-state index in [0.717, 1.165) is 37.3 Å². The zero-order chi connectivity index (χ0) is 20.2. The van der Waals surface area contributed by atoms with Gasteiger partial charge in [0.2, 0.25) is 0 Å². The summed E-state index contributed by atoms with van der Waals surface area (Å²) in [7, 11) is 0. The summed E-state index contributed by atoms with van der Waals surface area (Å²) in [5.74, 6) is 0. The van der Waals surface area contributed by atoms with Crippen LogP contribution in [-0.4, -0.2) is 37.1 Å². The van der Waals surface area contributed by atoms with Gasteiger partial charge in [0.15, 0.2) is 0 Å². The van der Waals surface area contributed by atoms with Crippen molar-refractivity contribution in [3.8, 4) is 0 Å². The predicted octanol–water partition coefficient (Wildman–Crippen LogP) is 6.01. The highest BCUT2D eigenvalue weighted by atomic mass is 35.5. The Labute approximate surface area is 184 Å². The number of anilines is 1. The molecule has 2 aromatic carbocycles. The van der Waals surface area contributed by atoms with Crippen molar-refractivity contribution in [3.63, 3.8) is 0 Å². The first-order valence-electron chi connectivity index (χ1n) is 10.6. The molecule has 5 heteroatoms. The highest BCUT2D eigenvalue weighted by Gasteiger charge is 2.23. The quantitative estimate of drug-likeness (QED) is 0.609. The number of hydrogen-bond donors (Lipinski definition) is 2. The Hall–Kier alpha value is -1.52. The minimum Gasteiger partial charge on any atom is -0.378 e. The fraction of sp³-hybridized carbons (Fsp3) is 0.417. The van der Waals surface area contributed by atoms with Crippen LogP contribution in [0.5, 0.6) is 0 Å². The Kier molecular flexibility index (Phi) is 6.81. The van der Waals surface area contributed by atoms with E-state index in [4.69, 9.17) is 23.2 Å². The molecule has 0 bridgehead atoms. The molecule has 2 aliphatic heterocycles. The number of piperidine rings is 1. The summed E-state index contributed by atoms with van der Waals surface area (Å²) in [6.07, 6.45) is 6.14. The summed E-state index contributed by atoms with van der Waals surface area (Å²) >= 11 is 12.4.